The molecule has 0 spiro atoms. The molecule has 5 aromatic rings. The third kappa shape index (κ3) is 1.70. The molecule has 0 aliphatic rings. The van der Waals surface area contributed by atoms with E-state index in [9.17, 15) is 4.79 Å². The molecule has 0 bridgehead atoms. The van der Waals surface area contributed by atoms with E-state index in [1.807, 2.05) is 12.1 Å². The van der Waals surface area contributed by atoms with Crippen molar-refractivity contribution in [3.05, 3.63) is 72.3 Å². The molecule has 0 fully saturated rings. The van der Waals surface area contributed by atoms with Crippen LogP contribution < -0.4 is 0 Å². The highest BCUT2D eigenvalue weighted by Gasteiger charge is 2.14. The van der Waals surface area contributed by atoms with E-state index in [1.54, 1.807) is 11.3 Å². The van der Waals surface area contributed by atoms with Crippen LogP contribution in [0.3, 0.4) is 0 Å². The number of rotatable bonds is 1. The topological polar surface area (TPSA) is 17.1 Å². The van der Waals surface area contributed by atoms with Crippen molar-refractivity contribution < 1.29 is 4.79 Å². The van der Waals surface area contributed by atoms with Gasteiger partial charge in [-0.25, -0.2) is 0 Å². The molecule has 108 valence electrons. The van der Waals surface area contributed by atoms with Gasteiger partial charge in [-0.05, 0) is 33.7 Å². The van der Waals surface area contributed by atoms with Crippen LogP contribution in [-0.2, 0) is 0 Å². The molecular formula is C21H12OS. The molecular weight excluding hydrogens is 300 g/mol. The van der Waals surface area contributed by atoms with Crippen LogP contribution in [0.5, 0.6) is 0 Å². The Labute approximate surface area is 136 Å². The molecule has 0 aliphatic carbocycles. The largest absolute Gasteiger partial charge is 0.298 e. The molecule has 0 saturated heterocycles. The average Bonchev–Trinajstić information content (AvgIpc) is 3.01. The van der Waals surface area contributed by atoms with Gasteiger partial charge in [0, 0.05) is 25.7 Å². The van der Waals surface area contributed by atoms with Crippen LogP contribution in [0.1, 0.15) is 10.4 Å². The fourth-order valence-corrected chi connectivity index (χ4v) is 4.71. The Hall–Kier alpha value is -2.71. The van der Waals surface area contributed by atoms with Crippen LogP contribution >= 0.6 is 11.3 Å². The van der Waals surface area contributed by atoms with Gasteiger partial charge in [0.05, 0.1) is 0 Å². The molecule has 0 unspecified atom stereocenters. The van der Waals surface area contributed by atoms with Crippen LogP contribution in [0.2, 0.25) is 0 Å². The first-order valence-corrected chi connectivity index (χ1v) is 8.39. The predicted octanol–water partition coefficient (Wildman–Crippen LogP) is 6.17. The molecule has 1 aromatic heterocycles. The summed E-state index contributed by atoms with van der Waals surface area (Å²) in [6, 6.07) is 23.1. The molecule has 0 radical (unpaired) electrons. The Morgan fingerprint density at radius 2 is 1.43 bits per heavy atom. The Bertz CT molecular complexity index is 1230. The Kier molecular flexibility index (Phi) is 2.58. The maximum absolute atomic E-state index is 11.6. The van der Waals surface area contributed by atoms with E-state index < -0.39 is 0 Å². The monoisotopic (exact) mass is 312 g/mol. The van der Waals surface area contributed by atoms with Gasteiger partial charge in [-0.1, -0.05) is 54.6 Å². The fourth-order valence-electron chi connectivity index (χ4n) is 3.50. The van der Waals surface area contributed by atoms with Crippen LogP contribution in [-0.4, -0.2) is 6.29 Å². The normalized spacial score (nSPS) is 11.7. The minimum absolute atomic E-state index is 0.781. The van der Waals surface area contributed by atoms with Gasteiger partial charge < -0.3 is 0 Å². The molecule has 23 heavy (non-hydrogen) atoms. The smallest absolute Gasteiger partial charge is 0.151 e. The summed E-state index contributed by atoms with van der Waals surface area (Å²) >= 11 is 1.71. The van der Waals surface area contributed by atoms with E-state index in [-0.39, 0.29) is 0 Å². The second-order valence-electron chi connectivity index (χ2n) is 5.77. The van der Waals surface area contributed by atoms with Gasteiger partial charge in [-0.15, -0.1) is 11.3 Å². The van der Waals surface area contributed by atoms with Crippen molar-refractivity contribution in [2.45, 2.75) is 0 Å². The maximum atomic E-state index is 11.6. The number of thiophene rings is 1. The molecule has 2 heteroatoms. The number of hydrogen-bond acceptors (Lipinski definition) is 2. The first kappa shape index (κ1) is 12.8. The van der Waals surface area contributed by atoms with Crippen molar-refractivity contribution in [1.29, 1.82) is 0 Å². The molecule has 5 rings (SSSR count). The zero-order valence-corrected chi connectivity index (χ0v) is 13.1. The minimum atomic E-state index is 0.781. The van der Waals surface area contributed by atoms with Crippen molar-refractivity contribution in [3.8, 4) is 0 Å². The standard InChI is InChI=1S/C21H12OS/c22-12-15-11-14-6-2-4-8-17(14)20-19-16-7-3-1-5-13(16)9-10-18(19)23-21(15)20/h1-12H. The van der Waals surface area contributed by atoms with Gasteiger partial charge in [0.2, 0.25) is 0 Å². The number of hydrogen-bond donors (Lipinski definition) is 0. The lowest BCUT2D eigenvalue weighted by Crippen LogP contribution is -1.83. The fraction of sp³-hybridized carbons (Fsp3) is 0. The lowest BCUT2D eigenvalue weighted by atomic mass is 9.98. The van der Waals surface area contributed by atoms with E-state index in [0.717, 1.165) is 21.9 Å². The van der Waals surface area contributed by atoms with Crippen molar-refractivity contribution in [2.75, 3.05) is 0 Å². The summed E-state index contributed by atoms with van der Waals surface area (Å²) in [4.78, 5) is 11.6. The lowest BCUT2D eigenvalue weighted by Gasteiger charge is -2.05. The van der Waals surface area contributed by atoms with Crippen molar-refractivity contribution in [2.24, 2.45) is 0 Å². The summed E-state index contributed by atoms with van der Waals surface area (Å²) in [7, 11) is 0. The van der Waals surface area contributed by atoms with E-state index in [1.165, 1.54) is 31.6 Å². The quantitative estimate of drug-likeness (QED) is 0.338. The number of carbonyl (C=O) groups excluding carboxylic acids is 1. The predicted molar refractivity (Wildman–Crippen MR) is 99.7 cm³/mol. The third-order valence-electron chi connectivity index (χ3n) is 4.51. The van der Waals surface area contributed by atoms with E-state index in [0.29, 0.717) is 0 Å². The molecule has 0 amide bonds. The number of aldehydes is 1. The van der Waals surface area contributed by atoms with Crippen molar-refractivity contribution >= 4 is 59.3 Å². The van der Waals surface area contributed by atoms with E-state index in [2.05, 4.69) is 54.6 Å². The zero-order chi connectivity index (χ0) is 15.4. The Morgan fingerprint density at radius 3 is 2.22 bits per heavy atom. The maximum Gasteiger partial charge on any atom is 0.151 e. The van der Waals surface area contributed by atoms with Crippen molar-refractivity contribution in [1.82, 2.24) is 0 Å². The van der Waals surface area contributed by atoms with E-state index in [4.69, 9.17) is 0 Å². The molecule has 0 saturated carbocycles. The first-order valence-electron chi connectivity index (χ1n) is 7.58. The molecule has 0 atom stereocenters. The summed E-state index contributed by atoms with van der Waals surface area (Å²) in [5.41, 5.74) is 0.781. The van der Waals surface area contributed by atoms with Crippen LogP contribution in [0.15, 0.2) is 66.7 Å². The van der Waals surface area contributed by atoms with Gasteiger partial charge in [0.25, 0.3) is 0 Å². The van der Waals surface area contributed by atoms with Gasteiger partial charge in [-0.3, -0.25) is 4.79 Å². The Balaban J connectivity index is 2.19. The van der Waals surface area contributed by atoms with Crippen LogP contribution in [0.25, 0.3) is 41.7 Å². The third-order valence-corrected chi connectivity index (χ3v) is 5.71. The first-order chi connectivity index (χ1) is 11.4. The zero-order valence-electron chi connectivity index (χ0n) is 12.2. The van der Waals surface area contributed by atoms with Gasteiger partial charge in [0.1, 0.15) is 0 Å². The lowest BCUT2D eigenvalue weighted by molar-refractivity contribution is 0.112. The number of fused-ring (bicyclic) bond motifs is 7. The van der Waals surface area contributed by atoms with Crippen LogP contribution in [0.4, 0.5) is 0 Å². The molecule has 0 N–H and O–H groups in total. The highest BCUT2D eigenvalue weighted by atomic mass is 32.1. The molecule has 1 nitrogen and oxygen atoms in total. The average molecular weight is 312 g/mol. The minimum Gasteiger partial charge on any atom is -0.298 e. The highest BCUT2D eigenvalue weighted by molar-refractivity contribution is 7.26. The molecule has 4 aromatic carbocycles. The molecule has 1 heterocycles. The second-order valence-corrected chi connectivity index (χ2v) is 6.82. The summed E-state index contributed by atoms with van der Waals surface area (Å²) < 4.78 is 2.32. The van der Waals surface area contributed by atoms with E-state index >= 15 is 0 Å². The summed E-state index contributed by atoms with van der Waals surface area (Å²) in [6.45, 7) is 0. The van der Waals surface area contributed by atoms with Gasteiger partial charge in [0.15, 0.2) is 6.29 Å². The molecule has 0 aliphatic heterocycles. The highest BCUT2D eigenvalue weighted by Crippen LogP contribution is 2.43. The summed E-state index contributed by atoms with van der Waals surface area (Å²) in [6.07, 6.45) is 0.979. The van der Waals surface area contributed by atoms with Gasteiger partial charge in [-0.2, -0.15) is 0 Å². The Morgan fingerprint density at radius 1 is 0.739 bits per heavy atom. The SMILES string of the molecule is O=Cc1cc2ccccc2c2c1sc1ccc3ccccc3c12. The second kappa shape index (κ2) is 4.64. The number of carbonyl (C=O) groups is 1. The van der Waals surface area contributed by atoms with Crippen LogP contribution in [0, 0.1) is 0 Å². The van der Waals surface area contributed by atoms with Crippen molar-refractivity contribution in [3.63, 3.8) is 0 Å². The summed E-state index contributed by atoms with van der Waals surface area (Å²) in [5.74, 6) is 0. The summed E-state index contributed by atoms with van der Waals surface area (Å²) in [5, 5.41) is 7.31. The number of benzene rings is 4. The van der Waals surface area contributed by atoms with Gasteiger partial charge >= 0.3 is 0 Å².